The minimum atomic E-state index is -1.41. The highest BCUT2D eigenvalue weighted by Crippen LogP contribution is 2.31. The number of quaternary nitrogens is 1. The first-order valence-corrected chi connectivity index (χ1v) is 11.6. The van der Waals surface area contributed by atoms with Crippen molar-refractivity contribution in [1.82, 2.24) is 9.38 Å². The highest BCUT2D eigenvalue weighted by molar-refractivity contribution is 9.10. The number of carbonyl (C=O) groups excluding carboxylic acids is 3. The number of ether oxygens (including phenoxy) is 2. The highest BCUT2D eigenvalue weighted by Gasteiger charge is 2.41. The van der Waals surface area contributed by atoms with Crippen LogP contribution in [0.25, 0.3) is 0 Å². The maximum absolute atomic E-state index is 12.4. The second-order valence-corrected chi connectivity index (χ2v) is 9.79. The molecule has 1 aliphatic rings. The van der Waals surface area contributed by atoms with Gasteiger partial charge in [0.2, 0.25) is 5.84 Å². The van der Waals surface area contributed by atoms with E-state index in [9.17, 15) is 19.5 Å². The van der Waals surface area contributed by atoms with Crippen molar-refractivity contribution in [3.8, 4) is 5.75 Å². The van der Waals surface area contributed by atoms with Crippen LogP contribution >= 0.6 is 15.9 Å². The number of carbonyl (C=O) groups is 3. The van der Waals surface area contributed by atoms with E-state index >= 15 is 0 Å². The molecule has 0 N–H and O–H groups in total. The summed E-state index contributed by atoms with van der Waals surface area (Å²) in [6.07, 6.45) is 1.02. The third-order valence-corrected chi connectivity index (χ3v) is 5.65. The van der Waals surface area contributed by atoms with Crippen molar-refractivity contribution in [3.05, 3.63) is 71.0 Å². The summed E-state index contributed by atoms with van der Waals surface area (Å²) in [6.45, 7) is 5.48. The van der Waals surface area contributed by atoms with Crippen LogP contribution < -0.4 is 14.3 Å². The maximum Gasteiger partial charge on any atom is 0.410 e. The van der Waals surface area contributed by atoms with Gasteiger partial charge in [0.1, 0.15) is 23.2 Å². The third kappa shape index (κ3) is 6.14. The molecule has 184 valence electrons. The molecule has 0 bridgehead atoms. The second-order valence-electron chi connectivity index (χ2n) is 8.87. The molecular formula is C25H26BrN3O6. The molecule has 1 aliphatic heterocycles. The summed E-state index contributed by atoms with van der Waals surface area (Å²) < 4.78 is 10.8. The standard InChI is InChI=1S/C25H26BrN3O6/c1-25(2,3)35-23(31)28(4)15-13-21-27-14-16-29(21,24(32)33)19-9-11-20(12-10-19)34-22(30)17-5-7-18(26)8-6-17/h5-12,14,16H,13,15H2,1-4H3. The van der Waals surface area contributed by atoms with E-state index in [1.165, 1.54) is 41.6 Å². The van der Waals surface area contributed by atoms with Gasteiger partial charge in [-0.15, -0.1) is 0 Å². The fourth-order valence-corrected chi connectivity index (χ4v) is 3.61. The van der Waals surface area contributed by atoms with Crippen molar-refractivity contribution in [2.75, 3.05) is 13.6 Å². The summed E-state index contributed by atoms with van der Waals surface area (Å²) in [6, 6.07) is 12.8. The summed E-state index contributed by atoms with van der Waals surface area (Å²) in [5.74, 6) is -0.0212. The molecule has 2 aromatic carbocycles. The molecule has 1 heterocycles. The van der Waals surface area contributed by atoms with Gasteiger partial charge in [0.15, 0.2) is 0 Å². The van der Waals surface area contributed by atoms with Gasteiger partial charge >= 0.3 is 12.1 Å². The zero-order chi connectivity index (χ0) is 25.8. The molecule has 0 aromatic heterocycles. The summed E-state index contributed by atoms with van der Waals surface area (Å²) in [7, 11) is 1.57. The Balaban J connectivity index is 1.74. The van der Waals surface area contributed by atoms with Gasteiger partial charge in [-0.2, -0.15) is 4.48 Å². The average molecular weight is 544 g/mol. The predicted molar refractivity (Wildman–Crippen MR) is 133 cm³/mol. The van der Waals surface area contributed by atoms with Crippen LogP contribution in [0.1, 0.15) is 37.6 Å². The van der Waals surface area contributed by atoms with E-state index in [0.717, 1.165) is 4.47 Å². The molecule has 0 saturated carbocycles. The molecule has 0 saturated heterocycles. The van der Waals surface area contributed by atoms with Crippen molar-refractivity contribution in [3.63, 3.8) is 0 Å². The monoisotopic (exact) mass is 543 g/mol. The Bertz CT molecular complexity index is 1170. The smallest absolute Gasteiger partial charge is 0.410 e. The summed E-state index contributed by atoms with van der Waals surface area (Å²) in [5, 5.41) is 12.3. The van der Waals surface area contributed by atoms with E-state index in [-0.39, 0.29) is 24.6 Å². The van der Waals surface area contributed by atoms with Crippen LogP contribution in [0.4, 0.5) is 15.3 Å². The maximum atomic E-state index is 12.4. The van der Waals surface area contributed by atoms with Crippen LogP contribution in [0.2, 0.25) is 0 Å². The van der Waals surface area contributed by atoms with Gasteiger partial charge in [-0.3, -0.25) is 0 Å². The molecule has 0 aliphatic carbocycles. The lowest BCUT2D eigenvalue weighted by Gasteiger charge is -2.32. The van der Waals surface area contributed by atoms with Crippen molar-refractivity contribution >= 4 is 45.6 Å². The number of hydrogen-bond acceptors (Lipinski definition) is 7. The minimum Gasteiger partial charge on any atom is -0.497 e. The van der Waals surface area contributed by atoms with E-state index in [0.29, 0.717) is 11.3 Å². The van der Waals surface area contributed by atoms with Crippen molar-refractivity contribution in [1.29, 1.82) is 0 Å². The Morgan fingerprint density at radius 3 is 2.26 bits per heavy atom. The number of aliphatic imine (C=N–C) groups is 1. The zero-order valence-corrected chi connectivity index (χ0v) is 21.4. The molecule has 9 nitrogen and oxygen atoms in total. The van der Waals surface area contributed by atoms with E-state index in [2.05, 4.69) is 20.9 Å². The van der Waals surface area contributed by atoms with Gasteiger partial charge in [-0.05, 0) is 57.2 Å². The van der Waals surface area contributed by atoms with E-state index in [1.54, 1.807) is 52.1 Å². The normalized spacial score (nSPS) is 17.0. The number of halogens is 1. The third-order valence-electron chi connectivity index (χ3n) is 5.12. The lowest BCUT2D eigenvalue weighted by Crippen LogP contribution is -2.59. The SMILES string of the molecule is CN(CCC1=NC=C[N+]1(C(=O)[O-])c1ccc(OC(=O)c2ccc(Br)cc2)cc1)C(=O)OC(C)(C)C. The van der Waals surface area contributed by atoms with Gasteiger partial charge in [0.05, 0.1) is 18.2 Å². The molecule has 35 heavy (non-hydrogen) atoms. The Morgan fingerprint density at radius 2 is 1.69 bits per heavy atom. The lowest BCUT2D eigenvalue weighted by atomic mass is 10.2. The molecule has 1 atom stereocenters. The second kappa shape index (κ2) is 10.4. The van der Waals surface area contributed by atoms with E-state index in [4.69, 9.17) is 9.47 Å². The van der Waals surface area contributed by atoms with Gasteiger partial charge in [0, 0.05) is 30.2 Å². The fourth-order valence-electron chi connectivity index (χ4n) is 3.34. The molecule has 10 heteroatoms. The molecule has 0 spiro atoms. The van der Waals surface area contributed by atoms with Crippen LogP contribution in [0.15, 0.2) is 70.4 Å². The van der Waals surface area contributed by atoms with Crippen molar-refractivity contribution in [2.45, 2.75) is 32.8 Å². The van der Waals surface area contributed by atoms with Crippen LogP contribution in [-0.4, -0.2) is 48.1 Å². The average Bonchev–Trinajstić information content (AvgIpc) is 3.22. The number of carboxylic acid groups (broad SMARTS) is 1. The first-order chi connectivity index (χ1) is 16.4. The molecule has 0 radical (unpaired) electrons. The van der Waals surface area contributed by atoms with E-state index < -0.39 is 28.2 Å². The van der Waals surface area contributed by atoms with Gasteiger partial charge in [-0.1, -0.05) is 15.9 Å². The Labute approximate surface area is 212 Å². The number of rotatable bonds is 6. The van der Waals surface area contributed by atoms with Crippen LogP contribution in [0.3, 0.4) is 0 Å². The minimum absolute atomic E-state index is 0.164. The Hall–Kier alpha value is -3.50. The number of benzene rings is 2. The van der Waals surface area contributed by atoms with Crippen LogP contribution in [0.5, 0.6) is 5.75 Å². The topological polar surface area (TPSA) is 108 Å². The van der Waals surface area contributed by atoms with Gasteiger partial charge < -0.3 is 24.3 Å². The molecule has 2 amide bonds. The molecule has 3 rings (SSSR count). The van der Waals surface area contributed by atoms with Crippen LogP contribution in [0, 0.1) is 0 Å². The highest BCUT2D eigenvalue weighted by atomic mass is 79.9. The summed E-state index contributed by atoms with van der Waals surface area (Å²) in [5.41, 5.74) is 0.0629. The lowest BCUT2D eigenvalue weighted by molar-refractivity contribution is -0.257. The van der Waals surface area contributed by atoms with Crippen LogP contribution in [-0.2, 0) is 4.74 Å². The largest absolute Gasteiger partial charge is 0.497 e. The zero-order valence-electron chi connectivity index (χ0n) is 19.9. The number of amides is 2. The van der Waals surface area contributed by atoms with Crippen molar-refractivity contribution in [2.24, 2.45) is 4.99 Å². The van der Waals surface area contributed by atoms with Crippen molar-refractivity contribution < 1.29 is 29.0 Å². The number of hydrogen-bond donors (Lipinski definition) is 0. The quantitative estimate of drug-likeness (QED) is 0.302. The predicted octanol–water partition coefficient (Wildman–Crippen LogP) is 4.46. The molecular weight excluding hydrogens is 518 g/mol. The number of amidine groups is 1. The molecule has 0 fully saturated rings. The van der Waals surface area contributed by atoms with E-state index in [1.807, 2.05) is 0 Å². The Morgan fingerprint density at radius 1 is 1.06 bits per heavy atom. The summed E-state index contributed by atoms with van der Waals surface area (Å²) >= 11 is 3.31. The molecule has 2 aromatic rings. The first-order valence-electron chi connectivity index (χ1n) is 10.8. The Kier molecular flexibility index (Phi) is 7.76. The van der Waals surface area contributed by atoms with Gasteiger partial charge in [-0.25, -0.2) is 14.6 Å². The number of esters is 1. The van der Waals surface area contributed by atoms with Gasteiger partial charge in [0.25, 0.3) is 6.09 Å². The number of nitrogens with zero attached hydrogens (tertiary/aromatic N) is 3. The fraction of sp³-hybridized carbons (Fsp3) is 0.280. The first kappa shape index (κ1) is 26.1. The summed E-state index contributed by atoms with van der Waals surface area (Å²) in [4.78, 5) is 42.5. The molecule has 1 unspecified atom stereocenters.